The summed E-state index contributed by atoms with van der Waals surface area (Å²) >= 11 is 0. The van der Waals surface area contributed by atoms with Crippen molar-refractivity contribution < 1.29 is 17.6 Å². The molecule has 1 aromatic rings. The molecule has 0 radical (unpaired) electrons. The summed E-state index contributed by atoms with van der Waals surface area (Å²) in [6, 6.07) is 4.66. The van der Waals surface area contributed by atoms with Crippen molar-refractivity contribution in [2.75, 3.05) is 20.1 Å². The molecule has 1 amide bonds. The Labute approximate surface area is 149 Å². The molecule has 0 aliphatic rings. The van der Waals surface area contributed by atoms with E-state index in [9.17, 15) is 17.6 Å². The maximum Gasteiger partial charge on any atom is 0.242 e. The van der Waals surface area contributed by atoms with Gasteiger partial charge in [-0.05, 0) is 43.5 Å². The lowest BCUT2D eigenvalue weighted by atomic mass is 9.88. The van der Waals surface area contributed by atoms with Gasteiger partial charge in [0.2, 0.25) is 15.9 Å². The monoisotopic (exact) mass is 373 g/mol. The Morgan fingerprint density at radius 3 is 2.36 bits per heavy atom. The minimum atomic E-state index is -3.69. The number of benzene rings is 1. The molecule has 0 spiro atoms. The summed E-state index contributed by atoms with van der Waals surface area (Å²) in [4.78, 5) is 12.1. The number of nitrogens with one attached hydrogen (secondary N) is 1. The number of carbonyl (C=O) groups excluding carboxylic acids is 1. The van der Waals surface area contributed by atoms with E-state index >= 15 is 0 Å². The van der Waals surface area contributed by atoms with E-state index in [1.807, 2.05) is 20.8 Å². The van der Waals surface area contributed by atoms with Crippen LogP contribution >= 0.6 is 0 Å². The lowest BCUT2D eigenvalue weighted by Crippen LogP contribution is -2.55. The van der Waals surface area contributed by atoms with Crippen molar-refractivity contribution in [1.82, 2.24) is 9.62 Å². The van der Waals surface area contributed by atoms with Gasteiger partial charge in [-0.25, -0.2) is 17.1 Å². The van der Waals surface area contributed by atoms with E-state index < -0.39 is 21.4 Å². The van der Waals surface area contributed by atoms with Crippen LogP contribution in [0.2, 0.25) is 0 Å². The van der Waals surface area contributed by atoms with Gasteiger partial charge in [-0.15, -0.1) is 0 Å². The van der Waals surface area contributed by atoms with Crippen molar-refractivity contribution >= 4 is 15.9 Å². The molecule has 0 heterocycles. The van der Waals surface area contributed by atoms with Crippen molar-refractivity contribution in [3.63, 3.8) is 0 Å². The normalized spacial score (nSPS) is 14.6. The summed E-state index contributed by atoms with van der Waals surface area (Å²) in [5, 5.41) is 2.92. The SMILES string of the molecule is CC(C)C(C)(CN)NC(=O)CCCN(C)S(=O)(=O)c1ccc(F)cc1. The maximum absolute atomic E-state index is 12.9. The Kier molecular flexibility index (Phi) is 7.52. The molecule has 1 rings (SSSR count). The van der Waals surface area contributed by atoms with E-state index in [1.54, 1.807) is 0 Å². The molecule has 0 aromatic heterocycles. The third-order valence-electron chi connectivity index (χ3n) is 4.52. The molecule has 3 N–H and O–H groups in total. The Balaban J connectivity index is 2.58. The zero-order valence-electron chi connectivity index (χ0n) is 15.3. The summed E-state index contributed by atoms with van der Waals surface area (Å²) in [5.41, 5.74) is 5.25. The molecule has 1 atom stereocenters. The fourth-order valence-electron chi connectivity index (χ4n) is 2.18. The fourth-order valence-corrected chi connectivity index (χ4v) is 3.39. The minimum absolute atomic E-state index is 0.0244. The molecule has 0 bridgehead atoms. The molecular formula is C17H28FN3O3S. The molecule has 0 aliphatic heterocycles. The lowest BCUT2D eigenvalue weighted by molar-refractivity contribution is -0.123. The van der Waals surface area contributed by atoms with Crippen LogP contribution in [0.5, 0.6) is 0 Å². The van der Waals surface area contributed by atoms with Gasteiger partial charge in [0.15, 0.2) is 0 Å². The molecule has 0 aliphatic carbocycles. The van der Waals surface area contributed by atoms with Crippen molar-refractivity contribution in [1.29, 1.82) is 0 Å². The average Bonchev–Trinajstić information content (AvgIpc) is 2.54. The van der Waals surface area contributed by atoms with Crippen molar-refractivity contribution in [3.05, 3.63) is 30.1 Å². The highest BCUT2D eigenvalue weighted by atomic mass is 32.2. The summed E-state index contributed by atoms with van der Waals surface area (Å²) in [6.07, 6.45) is 0.576. The van der Waals surface area contributed by atoms with Gasteiger partial charge in [-0.3, -0.25) is 4.79 Å². The van der Waals surface area contributed by atoms with Crippen molar-refractivity contribution in [2.24, 2.45) is 11.7 Å². The van der Waals surface area contributed by atoms with Crippen LogP contribution in [0.25, 0.3) is 0 Å². The standard InChI is InChI=1S/C17H28FN3O3S/c1-13(2)17(3,12-19)20-16(22)6-5-11-21(4)25(23,24)15-9-7-14(18)8-10-15/h7-10,13H,5-6,11-12,19H2,1-4H3,(H,20,22). The number of nitrogens with zero attached hydrogens (tertiary/aromatic N) is 1. The largest absolute Gasteiger partial charge is 0.349 e. The number of amides is 1. The smallest absolute Gasteiger partial charge is 0.242 e. The highest BCUT2D eigenvalue weighted by Gasteiger charge is 2.28. The lowest BCUT2D eigenvalue weighted by Gasteiger charge is -2.33. The Morgan fingerprint density at radius 2 is 1.88 bits per heavy atom. The average molecular weight is 373 g/mol. The van der Waals surface area contributed by atoms with E-state index in [0.717, 1.165) is 16.4 Å². The zero-order valence-corrected chi connectivity index (χ0v) is 16.1. The number of hydrogen-bond donors (Lipinski definition) is 2. The summed E-state index contributed by atoms with van der Waals surface area (Å²) in [5.74, 6) is -0.469. The van der Waals surface area contributed by atoms with Gasteiger partial charge in [0, 0.05) is 26.6 Å². The highest BCUT2D eigenvalue weighted by molar-refractivity contribution is 7.89. The van der Waals surface area contributed by atoms with Crippen LogP contribution in [0, 0.1) is 11.7 Å². The van der Waals surface area contributed by atoms with E-state index in [2.05, 4.69) is 5.32 Å². The van der Waals surface area contributed by atoms with Gasteiger partial charge in [0.05, 0.1) is 10.4 Å². The van der Waals surface area contributed by atoms with Crippen LogP contribution < -0.4 is 11.1 Å². The van der Waals surface area contributed by atoms with Crippen molar-refractivity contribution in [2.45, 2.75) is 44.0 Å². The Morgan fingerprint density at radius 1 is 1.32 bits per heavy atom. The number of carbonyl (C=O) groups is 1. The maximum atomic E-state index is 12.9. The highest BCUT2D eigenvalue weighted by Crippen LogP contribution is 2.17. The first-order valence-electron chi connectivity index (χ1n) is 8.26. The van der Waals surface area contributed by atoms with Gasteiger partial charge >= 0.3 is 0 Å². The molecule has 142 valence electrons. The van der Waals surface area contributed by atoms with Gasteiger partial charge in [0.25, 0.3) is 0 Å². The molecule has 1 unspecified atom stereocenters. The van der Waals surface area contributed by atoms with Gasteiger partial charge in [0.1, 0.15) is 5.82 Å². The van der Waals surface area contributed by atoms with Crippen LogP contribution in [0.4, 0.5) is 4.39 Å². The van der Waals surface area contributed by atoms with Crippen LogP contribution in [0.1, 0.15) is 33.6 Å². The topological polar surface area (TPSA) is 92.5 Å². The number of halogens is 1. The van der Waals surface area contributed by atoms with E-state index in [4.69, 9.17) is 5.73 Å². The van der Waals surface area contributed by atoms with Crippen molar-refractivity contribution in [3.8, 4) is 0 Å². The summed E-state index contributed by atoms with van der Waals surface area (Å²) in [6.45, 7) is 6.37. The minimum Gasteiger partial charge on any atom is -0.349 e. The van der Waals surface area contributed by atoms with Crippen LogP contribution in [-0.2, 0) is 14.8 Å². The third-order valence-corrected chi connectivity index (χ3v) is 6.39. The summed E-state index contributed by atoms with van der Waals surface area (Å²) < 4.78 is 38.8. The van der Waals surface area contributed by atoms with E-state index in [0.29, 0.717) is 13.0 Å². The molecule has 6 nitrogen and oxygen atoms in total. The zero-order chi connectivity index (χ0) is 19.3. The second-order valence-corrected chi connectivity index (χ2v) is 8.75. The Bertz CT molecular complexity index is 677. The number of sulfonamides is 1. The van der Waals surface area contributed by atoms with Crippen LogP contribution in [0.3, 0.4) is 0 Å². The van der Waals surface area contributed by atoms with E-state index in [-0.39, 0.29) is 29.7 Å². The van der Waals surface area contributed by atoms with E-state index in [1.165, 1.54) is 19.2 Å². The van der Waals surface area contributed by atoms with Gasteiger partial charge < -0.3 is 11.1 Å². The van der Waals surface area contributed by atoms with Gasteiger partial charge in [-0.2, -0.15) is 0 Å². The molecule has 25 heavy (non-hydrogen) atoms. The fraction of sp³-hybridized carbons (Fsp3) is 0.588. The quantitative estimate of drug-likeness (QED) is 0.689. The van der Waals surface area contributed by atoms with Crippen LogP contribution in [-0.4, -0.2) is 44.3 Å². The number of hydrogen-bond acceptors (Lipinski definition) is 4. The first-order valence-corrected chi connectivity index (χ1v) is 9.70. The molecule has 0 saturated carbocycles. The number of rotatable bonds is 9. The summed E-state index contributed by atoms with van der Waals surface area (Å²) in [7, 11) is -2.25. The second kappa shape index (κ2) is 8.73. The second-order valence-electron chi connectivity index (χ2n) is 6.71. The predicted octanol–water partition coefficient (Wildman–Crippen LogP) is 1.72. The molecule has 0 fully saturated rings. The third kappa shape index (κ3) is 5.76. The molecular weight excluding hydrogens is 345 g/mol. The molecule has 0 saturated heterocycles. The molecule has 1 aromatic carbocycles. The Hall–Kier alpha value is -1.51. The first kappa shape index (κ1) is 21.5. The van der Waals surface area contributed by atoms with Gasteiger partial charge in [-0.1, -0.05) is 13.8 Å². The number of nitrogens with two attached hydrogens (primary N) is 1. The predicted molar refractivity (Wildman–Crippen MR) is 95.9 cm³/mol. The molecule has 8 heteroatoms. The first-order chi connectivity index (χ1) is 11.5. The van der Waals surface area contributed by atoms with Crippen LogP contribution in [0.15, 0.2) is 29.2 Å².